The van der Waals surface area contributed by atoms with Gasteiger partial charge < -0.3 is 19.5 Å². The monoisotopic (exact) mass is 384 g/mol. The fraction of sp³-hybridized carbons (Fsp3) is 0.211. The van der Waals surface area contributed by atoms with E-state index >= 15 is 0 Å². The Hall–Kier alpha value is -3.31. The van der Waals surface area contributed by atoms with E-state index in [1.807, 2.05) is 37.3 Å². The van der Waals surface area contributed by atoms with Gasteiger partial charge in [-0.3, -0.25) is 5.43 Å². The first-order chi connectivity index (χ1) is 13.2. The molecule has 0 heterocycles. The second-order valence-electron chi connectivity index (χ2n) is 5.14. The molecule has 0 saturated carbocycles. The molecule has 0 radical (unpaired) electrons. The number of thiocarbonyl (C=S) groups is 1. The molecule has 27 heavy (non-hydrogen) atoms. The van der Waals surface area contributed by atoms with Crippen LogP contribution < -0.4 is 25.0 Å². The second kappa shape index (κ2) is 10.6. The molecule has 0 amide bonds. The number of nitrogens with one attached hydrogen (secondary N) is 2. The zero-order valence-electron chi connectivity index (χ0n) is 15.1. The van der Waals surface area contributed by atoms with Gasteiger partial charge in [-0.25, -0.2) is 0 Å². The lowest BCUT2D eigenvalue weighted by Gasteiger charge is -2.09. The minimum atomic E-state index is -0.0448. The Morgan fingerprint density at radius 3 is 2.63 bits per heavy atom. The van der Waals surface area contributed by atoms with Crippen LogP contribution >= 0.6 is 12.2 Å². The van der Waals surface area contributed by atoms with Gasteiger partial charge in [0.15, 0.2) is 23.2 Å². The summed E-state index contributed by atoms with van der Waals surface area (Å²) < 4.78 is 15.9. The third-order valence-electron chi connectivity index (χ3n) is 3.28. The average Bonchev–Trinajstić information content (AvgIpc) is 2.68. The molecule has 0 aliphatic rings. The predicted molar refractivity (Wildman–Crippen MR) is 109 cm³/mol. The number of ether oxygens (including phenoxy) is 3. The van der Waals surface area contributed by atoms with Crippen LogP contribution in [0.25, 0.3) is 0 Å². The highest BCUT2D eigenvalue weighted by Gasteiger charge is 2.05. The van der Waals surface area contributed by atoms with Crippen molar-refractivity contribution >= 4 is 29.2 Å². The van der Waals surface area contributed by atoms with E-state index in [0.717, 1.165) is 17.0 Å². The van der Waals surface area contributed by atoms with Crippen LogP contribution in [0.5, 0.6) is 17.2 Å². The molecule has 0 aliphatic carbocycles. The molecule has 0 saturated heterocycles. The first-order valence-corrected chi connectivity index (χ1v) is 8.57. The maximum atomic E-state index is 8.59. The minimum Gasteiger partial charge on any atom is -0.494 e. The fourth-order valence-corrected chi connectivity index (χ4v) is 2.29. The van der Waals surface area contributed by atoms with E-state index in [0.29, 0.717) is 23.2 Å². The van der Waals surface area contributed by atoms with Crippen LogP contribution in [0.4, 0.5) is 5.69 Å². The third kappa shape index (κ3) is 6.49. The summed E-state index contributed by atoms with van der Waals surface area (Å²) in [6.07, 6.45) is 1.60. The molecular weight excluding hydrogens is 364 g/mol. The molecule has 0 aromatic heterocycles. The van der Waals surface area contributed by atoms with Gasteiger partial charge in [-0.15, -0.1) is 0 Å². The molecule has 2 rings (SSSR count). The van der Waals surface area contributed by atoms with Crippen molar-refractivity contribution in [3.05, 3.63) is 48.0 Å². The number of benzene rings is 2. The van der Waals surface area contributed by atoms with Crippen molar-refractivity contribution in [2.75, 3.05) is 25.6 Å². The van der Waals surface area contributed by atoms with Crippen LogP contribution in [0, 0.1) is 11.3 Å². The Morgan fingerprint density at radius 1 is 1.19 bits per heavy atom. The van der Waals surface area contributed by atoms with Crippen molar-refractivity contribution in [1.82, 2.24) is 5.43 Å². The number of nitriles is 1. The summed E-state index contributed by atoms with van der Waals surface area (Å²) in [5.41, 5.74) is 4.36. The Bertz CT molecular complexity index is 832. The molecule has 0 spiro atoms. The Labute approximate surface area is 163 Å². The van der Waals surface area contributed by atoms with Crippen LogP contribution in [-0.2, 0) is 0 Å². The summed E-state index contributed by atoms with van der Waals surface area (Å²) in [6.45, 7) is 2.51. The second-order valence-corrected chi connectivity index (χ2v) is 5.55. The number of hydrogen-bond donors (Lipinski definition) is 2. The van der Waals surface area contributed by atoms with E-state index in [1.54, 1.807) is 24.4 Å². The normalized spacial score (nSPS) is 10.1. The zero-order valence-corrected chi connectivity index (χ0v) is 15.9. The summed E-state index contributed by atoms with van der Waals surface area (Å²) in [5.74, 6) is 1.82. The summed E-state index contributed by atoms with van der Waals surface area (Å²) in [4.78, 5) is 0. The number of methoxy groups -OCH3 is 1. The van der Waals surface area contributed by atoms with Crippen LogP contribution in [0.3, 0.4) is 0 Å². The van der Waals surface area contributed by atoms with E-state index in [9.17, 15) is 0 Å². The zero-order chi connectivity index (χ0) is 19.5. The SMILES string of the molecule is CCOc1ccc(NC(=S)N/N=C\c2ccc(OCC#N)c(OC)c2)cc1. The highest BCUT2D eigenvalue weighted by molar-refractivity contribution is 7.80. The Kier molecular flexibility index (Phi) is 7.88. The van der Waals surface area contributed by atoms with Crippen molar-refractivity contribution in [3.63, 3.8) is 0 Å². The van der Waals surface area contributed by atoms with Gasteiger partial charge in [0.25, 0.3) is 0 Å². The maximum Gasteiger partial charge on any atom is 0.191 e. The molecule has 8 heteroatoms. The Morgan fingerprint density at radius 2 is 1.96 bits per heavy atom. The molecule has 2 aromatic carbocycles. The molecule has 0 atom stereocenters. The molecule has 0 aliphatic heterocycles. The number of hydrazone groups is 1. The van der Waals surface area contributed by atoms with E-state index in [2.05, 4.69) is 15.8 Å². The van der Waals surface area contributed by atoms with Gasteiger partial charge in [0.1, 0.15) is 11.8 Å². The van der Waals surface area contributed by atoms with Crippen LogP contribution in [0.1, 0.15) is 12.5 Å². The largest absolute Gasteiger partial charge is 0.494 e. The molecule has 0 bridgehead atoms. The van der Waals surface area contributed by atoms with Crippen molar-refractivity contribution in [1.29, 1.82) is 5.26 Å². The smallest absolute Gasteiger partial charge is 0.191 e. The van der Waals surface area contributed by atoms with Gasteiger partial charge in [0.2, 0.25) is 0 Å². The minimum absolute atomic E-state index is 0.0448. The van der Waals surface area contributed by atoms with E-state index in [-0.39, 0.29) is 6.61 Å². The third-order valence-corrected chi connectivity index (χ3v) is 3.48. The number of nitrogens with zero attached hydrogens (tertiary/aromatic N) is 2. The van der Waals surface area contributed by atoms with Gasteiger partial charge in [-0.1, -0.05) is 0 Å². The van der Waals surface area contributed by atoms with Crippen LogP contribution in [-0.4, -0.2) is 31.7 Å². The molecule has 2 N–H and O–H groups in total. The van der Waals surface area contributed by atoms with Crippen molar-refractivity contribution in [2.24, 2.45) is 5.10 Å². The Balaban J connectivity index is 1.90. The predicted octanol–water partition coefficient (Wildman–Crippen LogP) is 3.32. The molecule has 7 nitrogen and oxygen atoms in total. The van der Waals surface area contributed by atoms with Crippen molar-refractivity contribution in [2.45, 2.75) is 6.92 Å². The lowest BCUT2D eigenvalue weighted by Crippen LogP contribution is -2.23. The first kappa shape index (κ1) is 20.0. The maximum absolute atomic E-state index is 8.59. The molecule has 0 fully saturated rings. The number of hydrogen-bond acceptors (Lipinski definition) is 6. The van der Waals surface area contributed by atoms with Gasteiger partial charge in [0, 0.05) is 5.69 Å². The van der Waals surface area contributed by atoms with Gasteiger partial charge in [-0.2, -0.15) is 10.4 Å². The number of rotatable bonds is 8. The van der Waals surface area contributed by atoms with E-state index in [1.165, 1.54) is 7.11 Å². The van der Waals surface area contributed by atoms with Crippen molar-refractivity contribution in [3.8, 4) is 23.3 Å². The van der Waals surface area contributed by atoms with Crippen molar-refractivity contribution < 1.29 is 14.2 Å². The van der Waals surface area contributed by atoms with E-state index in [4.69, 9.17) is 31.7 Å². The highest BCUT2D eigenvalue weighted by Crippen LogP contribution is 2.27. The molecule has 140 valence electrons. The van der Waals surface area contributed by atoms with Gasteiger partial charge in [0.05, 0.1) is 19.9 Å². The first-order valence-electron chi connectivity index (χ1n) is 8.17. The molecule has 0 unspecified atom stereocenters. The quantitative estimate of drug-likeness (QED) is 0.410. The number of anilines is 1. The molecule has 2 aromatic rings. The summed E-state index contributed by atoms with van der Waals surface area (Å²) in [7, 11) is 1.53. The van der Waals surface area contributed by atoms with Crippen LogP contribution in [0.2, 0.25) is 0 Å². The average molecular weight is 384 g/mol. The fourth-order valence-electron chi connectivity index (χ4n) is 2.12. The van der Waals surface area contributed by atoms with Crippen LogP contribution in [0.15, 0.2) is 47.6 Å². The lowest BCUT2D eigenvalue weighted by atomic mass is 10.2. The summed E-state index contributed by atoms with van der Waals surface area (Å²) in [6, 6.07) is 14.6. The summed E-state index contributed by atoms with van der Waals surface area (Å²) >= 11 is 5.21. The molecular formula is C19H20N4O3S. The van der Waals surface area contributed by atoms with Gasteiger partial charge >= 0.3 is 0 Å². The van der Waals surface area contributed by atoms with E-state index < -0.39 is 0 Å². The standard InChI is InChI=1S/C19H20N4O3S/c1-3-25-16-7-5-15(6-8-16)22-19(27)23-21-13-14-4-9-17(26-11-10-20)18(12-14)24-2/h4-9,12-13H,3,11H2,1-2H3,(H2,22,23,27)/b21-13-. The topological polar surface area (TPSA) is 87.9 Å². The lowest BCUT2D eigenvalue weighted by molar-refractivity contribution is 0.329. The highest BCUT2D eigenvalue weighted by atomic mass is 32.1. The van der Waals surface area contributed by atoms with Gasteiger partial charge in [-0.05, 0) is 67.2 Å². The summed E-state index contributed by atoms with van der Waals surface area (Å²) in [5, 5.41) is 16.1.